The van der Waals surface area contributed by atoms with Crippen LogP contribution < -0.4 is 16.4 Å². The van der Waals surface area contributed by atoms with Gasteiger partial charge >= 0.3 is 11.9 Å². The van der Waals surface area contributed by atoms with Crippen molar-refractivity contribution >= 4 is 41.4 Å². The molecule has 0 radical (unpaired) electrons. The monoisotopic (exact) mass is 418 g/mol. The third-order valence-electron chi connectivity index (χ3n) is 4.03. The molecular weight excluding hydrogens is 392 g/mol. The predicted octanol–water partition coefficient (Wildman–Crippen LogP) is -1.78. The lowest BCUT2D eigenvalue weighted by atomic mass is 10.1. The maximum Gasteiger partial charge on any atom is 0.322 e. The Hall–Kier alpha value is -2.34. The molecule has 0 aromatic carbocycles. The standard InChI is InChI=1S/C16H26N4O7S/c17-10(16(26)27)3-4-12(21)19-11(15(25)18-7-14(23)24)8-28-9-13(22)20-5-1-2-6-20/h10-11H,1-9,17H2,(H,18,25)(H,19,21)(H,23,24)(H,26,27)/t10-,11-/m0/s1. The molecule has 3 amide bonds. The van der Waals surface area contributed by atoms with Crippen molar-refractivity contribution < 1.29 is 34.2 Å². The fourth-order valence-electron chi connectivity index (χ4n) is 2.47. The van der Waals surface area contributed by atoms with Gasteiger partial charge in [-0.15, -0.1) is 11.8 Å². The predicted molar refractivity (Wildman–Crippen MR) is 101 cm³/mol. The minimum Gasteiger partial charge on any atom is -0.480 e. The SMILES string of the molecule is N[C@@H](CCC(=O)N[C@@H](CSCC(=O)N1CCCC1)C(=O)NCC(=O)O)C(=O)O. The molecule has 2 atom stereocenters. The van der Waals surface area contributed by atoms with Gasteiger partial charge in [0.2, 0.25) is 17.7 Å². The average molecular weight is 418 g/mol. The van der Waals surface area contributed by atoms with E-state index < -0.39 is 42.4 Å². The number of likely N-dealkylation sites (tertiary alicyclic amines) is 1. The number of hydrogen-bond donors (Lipinski definition) is 5. The molecule has 1 aliphatic heterocycles. The van der Waals surface area contributed by atoms with Crippen LogP contribution in [0.4, 0.5) is 0 Å². The van der Waals surface area contributed by atoms with Crippen LogP contribution in [0, 0.1) is 0 Å². The van der Waals surface area contributed by atoms with E-state index in [1.165, 1.54) is 0 Å². The Morgan fingerprint density at radius 2 is 1.75 bits per heavy atom. The first-order chi connectivity index (χ1) is 13.2. The van der Waals surface area contributed by atoms with E-state index in [9.17, 15) is 24.0 Å². The van der Waals surface area contributed by atoms with Crippen LogP contribution in [0.25, 0.3) is 0 Å². The summed E-state index contributed by atoms with van der Waals surface area (Å²) in [6, 6.07) is -2.25. The van der Waals surface area contributed by atoms with E-state index in [2.05, 4.69) is 10.6 Å². The highest BCUT2D eigenvalue weighted by Gasteiger charge is 2.24. The van der Waals surface area contributed by atoms with Crippen LogP contribution in [-0.4, -0.2) is 88.0 Å². The molecule has 28 heavy (non-hydrogen) atoms. The first-order valence-electron chi connectivity index (χ1n) is 8.83. The normalized spacial score (nSPS) is 15.5. The summed E-state index contributed by atoms with van der Waals surface area (Å²) in [5.41, 5.74) is 5.34. The molecule has 1 fully saturated rings. The maximum absolute atomic E-state index is 12.1. The van der Waals surface area contributed by atoms with Crippen LogP contribution in [-0.2, 0) is 24.0 Å². The van der Waals surface area contributed by atoms with E-state index in [0.717, 1.165) is 24.6 Å². The Kier molecular flexibility index (Phi) is 10.3. The molecule has 0 unspecified atom stereocenters. The van der Waals surface area contributed by atoms with Crippen LogP contribution in [0.1, 0.15) is 25.7 Å². The summed E-state index contributed by atoms with van der Waals surface area (Å²) >= 11 is 1.16. The number of carboxylic acid groups (broad SMARTS) is 2. The number of nitrogens with two attached hydrogens (primary N) is 1. The topological polar surface area (TPSA) is 179 Å². The summed E-state index contributed by atoms with van der Waals surface area (Å²) < 4.78 is 0. The highest BCUT2D eigenvalue weighted by atomic mass is 32.2. The summed E-state index contributed by atoms with van der Waals surface area (Å²) in [5.74, 6) is -3.59. The number of thioether (sulfide) groups is 1. The largest absolute Gasteiger partial charge is 0.480 e. The molecule has 0 aliphatic carbocycles. The molecule has 1 rings (SSSR count). The molecule has 6 N–H and O–H groups in total. The average Bonchev–Trinajstić information content (AvgIpc) is 3.17. The van der Waals surface area contributed by atoms with Gasteiger partial charge in [-0.05, 0) is 19.3 Å². The van der Waals surface area contributed by atoms with Crippen molar-refractivity contribution in [3.05, 3.63) is 0 Å². The van der Waals surface area contributed by atoms with Crippen molar-refractivity contribution in [1.82, 2.24) is 15.5 Å². The first-order valence-corrected chi connectivity index (χ1v) is 9.99. The van der Waals surface area contributed by atoms with Crippen LogP contribution in [0.2, 0.25) is 0 Å². The Balaban J connectivity index is 2.53. The van der Waals surface area contributed by atoms with Gasteiger partial charge in [-0.3, -0.25) is 24.0 Å². The summed E-state index contributed by atoms with van der Waals surface area (Å²) in [6.07, 6.45) is 1.62. The van der Waals surface area contributed by atoms with Crippen molar-refractivity contribution in [2.75, 3.05) is 31.1 Å². The molecule has 0 aromatic rings. The van der Waals surface area contributed by atoms with Gasteiger partial charge in [0, 0.05) is 25.3 Å². The number of carbonyl (C=O) groups is 5. The van der Waals surface area contributed by atoms with Crippen LogP contribution >= 0.6 is 11.8 Å². The summed E-state index contributed by atoms with van der Waals surface area (Å²) in [4.78, 5) is 59.2. The molecule has 12 heteroatoms. The number of aliphatic carboxylic acids is 2. The van der Waals surface area contributed by atoms with Gasteiger partial charge in [0.25, 0.3) is 0 Å². The third kappa shape index (κ3) is 9.04. The minimum absolute atomic E-state index is 0.0500. The lowest BCUT2D eigenvalue weighted by molar-refractivity contribution is -0.139. The van der Waals surface area contributed by atoms with Gasteiger partial charge in [-0.1, -0.05) is 0 Å². The van der Waals surface area contributed by atoms with Gasteiger partial charge in [0.1, 0.15) is 18.6 Å². The molecule has 158 valence electrons. The summed E-state index contributed by atoms with van der Waals surface area (Å²) in [7, 11) is 0. The molecule has 1 aliphatic rings. The van der Waals surface area contributed by atoms with Gasteiger partial charge in [-0.2, -0.15) is 0 Å². The number of carbonyl (C=O) groups excluding carboxylic acids is 3. The second-order valence-corrected chi connectivity index (χ2v) is 7.35. The molecule has 1 saturated heterocycles. The van der Waals surface area contributed by atoms with Crippen LogP contribution in [0.5, 0.6) is 0 Å². The molecule has 1 heterocycles. The second-order valence-electron chi connectivity index (χ2n) is 6.32. The zero-order valence-corrected chi connectivity index (χ0v) is 16.2. The van der Waals surface area contributed by atoms with Gasteiger partial charge in [0.05, 0.1) is 5.75 Å². The number of nitrogens with zero attached hydrogens (tertiary/aromatic N) is 1. The van der Waals surface area contributed by atoms with Crippen molar-refractivity contribution in [3.8, 4) is 0 Å². The molecular formula is C16H26N4O7S. The highest BCUT2D eigenvalue weighted by molar-refractivity contribution is 8.00. The minimum atomic E-state index is -1.24. The van der Waals surface area contributed by atoms with Crippen molar-refractivity contribution in [2.45, 2.75) is 37.8 Å². The summed E-state index contributed by atoms with van der Waals surface area (Å²) in [5, 5.41) is 22.0. The lowest BCUT2D eigenvalue weighted by Gasteiger charge is -2.19. The molecule has 0 bridgehead atoms. The lowest BCUT2D eigenvalue weighted by Crippen LogP contribution is -2.49. The van der Waals surface area contributed by atoms with Gasteiger partial charge < -0.3 is 31.5 Å². The summed E-state index contributed by atoms with van der Waals surface area (Å²) in [6.45, 7) is 0.817. The van der Waals surface area contributed by atoms with Gasteiger partial charge in [0.15, 0.2) is 0 Å². The molecule has 0 aromatic heterocycles. The third-order valence-corrected chi connectivity index (χ3v) is 5.05. The molecule has 11 nitrogen and oxygen atoms in total. The fraction of sp³-hybridized carbons (Fsp3) is 0.688. The Labute approximate surface area is 166 Å². The van der Waals surface area contributed by atoms with Crippen LogP contribution in [0.15, 0.2) is 0 Å². The molecule has 0 saturated carbocycles. The number of carboxylic acids is 2. The Morgan fingerprint density at radius 3 is 2.32 bits per heavy atom. The first kappa shape index (κ1) is 23.7. The van der Waals surface area contributed by atoms with E-state index >= 15 is 0 Å². The number of rotatable bonds is 12. The quantitative estimate of drug-likeness (QED) is 0.245. The van der Waals surface area contributed by atoms with E-state index in [4.69, 9.17) is 15.9 Å². The number of amides is 3. The molecule has 0 spiro atoms. The van der Waals surface area contributed by atoms with Gasteiger partial charge in [-0.25, -0.2) is 0 Å². The van der Waals surface area contributed by atoms with Crippen molar-refractivity contribution in [3.63, 3.8) is 0 Å². The maximum atomic E-state index is 12.1. The van der Waals surface area contributed by atoms with Crippen LogP contribution in [0.3, 0.4) is 0 Å². The van der Waals surface area contributed by atoms with E-state index in [0.29, 0.717) is 13.1 Å². The van der Waals surface area contributed by atoms with E-state index in [1.807, 2.05) is 0 Å². The Bertz CT molecular complexity index is 596. The van der Waals surface area contributed by atoms with Crippen molar-refractivity contribution in [2.24, 2.45) is 5.73 Å². The van der Waals surface area contributed by atoms with E-state index in [-0.39, 0.29) is 30.3 Å². The van der Waals surface area contributed by atoms with Crippen molar-refractivity contribution in [1.29, 1.82) is 0 Å². The number of hydrogen-bond acceptors (Lipinski definition) is 7. The Morgan fingerprint density at radius 1 is 1.11 bits per heavy atom. The van der Waals surface area contributed by atoms with E-state index in [1.54, 1.807) is 4.90 Å². The fourth-order valence-corrected chi connectivity index (χ4v) is 3.41. The second kappa shape index (κ2) is 12.2. The highest BCUT2D eigenvalue weighted by Crippen LogP contribution is 2.11. The zero-order valence-electron chi connectivity index (χ0n) is 15.4. The smallest absolute Gasteiger partial charge is 0.322 e. The zero-order chi connectivity index (χ0) is 21.1. The number of nitrogens with one attached hydrogen (secondary N) is 2.